The van der Waals surface area contributed by atoms with Crippen molar-refractivity contribution >= 4 is 30.6 Å². The first kappa shape index (κ1) is 12.7. The van der Waals surface area contributed by atoms with Gasteiger partial charge in [0.15, 0.2) is 0 Å². The summed E-state index contributed by atoms with van der Waals surface area (Å²) in [5.41, 5.74) is 2.86. The highest BCUT2D eigenvalue weighted by Crippen LogP contribution is 2.28. The van der Waals surface area contributed by atoms with Crippen LogP contribution in [0.5, 0.6) is 0 Å². The van der Waals surface area contributed by atoms with Crippen LogP contribution < -0.4 is 15.7 Å². The number of hydrogen-bond acceptors (Lipinski definition) is 4. The lowest BCUT2D eigenvalue weighted by molar-refractivity contribution is 0.0978. The minimum absolute atomic E-state index is 0.104. The third-order valence-electron chi connectivity index (χ3n) is 3.36. The topological polar surface area (TPSA) is 63.1 Å². The van der Waals surface area contributed by atoms with Gasteiger partial charge < -0.3 is 10.2 Å². The summed E-state index contributed by atoms with van der Waals surface area (Å²) in [4.78, 5) is 14.4. The van der Waals surface area contributed by atoms with Gasteiger partial charge in [-0.05, 0) is 18.6 Å². The van der Waals surface area contributed by atoms with Crippen LogP contribution in [-0.4, -0.2) is 41.8 Å². The molecule has 100 valence electrons. The van der Waals surface area contributed by atoms with Crippen molar-refractivity contribution in [3.8, 4) is 0 Å². The number of fused-ring (bicyclic) bond motifs is 1. The molecule has 1 aromatic carbocycles. The van der Waals surface area contributed by atoms with Crippen LogP contribution in [-0.2, 0) is 7.05 Å². The zero-order valence-electron chi connectivity index (χ0n) is 11.2. The van der Waals surface area contributed by atoms with Crippen molar-refractivity contribution in [1.82, 2.24) is 15.0 Å². The Labute approximate surface area is 118 Å². The molecule has 1 aliphatic heterocycles. The Kier molecular flexibility index (Phi) is 3.18. The minimum Gasteiger partial charge on any atom is -0.383 e. The van der Waals surface area contributed by atoms with Gasteiger partial charge >= 0.3 is 0 Å². The predicted molar refractivity (Wildman–Crippen MR) is 77.6 cm³/mol. The molecule has 1 aromatic heterocycles. The third-order valence-corrected chi connectivity index (χ3v) is 3.36. The second kappa shape index (κ2) is 4.99. The summed E-state index contributed by atoms with van der Waals surface area (Å²) >= 11 is 0. The molecule has 2 radical (unpaired) electrons. The predicted octanol–water partition coefficient (Wildman–Crippen LogP) is 0.0713. The highest BCUT2D eigenvalue weighted by atomic mass is 16.2. The van der Waals surface area contributed by atoms with E-state index in [4.69, 9.17) is 7.85 Å². The van der Waals surface area contributed by atoms with E-state index in [1.807, 2.05) is 12.1 Å². The zero-order valence-corrected chi connectivity index (χ0v) is 11.2. The average molecular weight is 267 g/mol. The molecule has 3 rings (SSSR count). The van der Waals surface area contributed by atoms with Crippen molar-refractivity contribution in [3.63, 3.8) is 0 Å². The van der Waals surface area contributed by atoms with Gasteiger partial charge in [-0.25, -0.2) is 4.68 Å². The number of anilines is 2. The monoisotopic (exact) mass is 267 g/mol. The van der Waals surface area contributed by atoms with Gasteiger partial charge in [0, 0.05) is 20.1 Å². The number of benzene rings is 1. The van der Waals surface area contributed by atoms with Gasteiger partial charge in [0.2, 0.25) is 0 Å². The van der Waals surface area contributed by atoms with Crippen molar-refractivity contribution in [2.24, 2.45) is 7.05 Å². The lowest BCUT2D eigenvalue weighted by atomic mass is 9.95. The number of carbonyl (C=O) groups excluding carboxylic acids is 1. The van der Waals surface area contributed by atoms with Crippen LogP contribution in [0, 0.1) is 0 Å². The Morgan fingerprint density at radius 1 is 1.45 bits per heavy atom. The van der Waals surface area contributed by atoms with E-state index in [-0.39, 0.29) is 5.91 Å². The summed E-state index contributed by atoms with van der Waals surface area (Å²) in [6.07, 6.45) is 2.35. The minimum atomic E-state index is -0.104. The van der Waals surface area contributed by atoms with Crippen LogP contribution in [0.4, 0.5) is 11.4 Å². The number of amides is 1. The Bertz CT molecular complexity index is 654. The van der Waals surface area contributed by atoms with E-state index in [9.17, 15) is 4.79 Å². The van der Waals surface area contributed by atoms with Crippen LogP contribution in [0.2, 0.25) is 0 Å². The Morgan fingerprint density at radius 2 is 2.30 bits per heavy atom. The van der Waals surface area contributed by atoms with E-state index >= 15 is 0 Å². The molecule has 0 unspecified atom stereocenters. The second-order valence-electron chi connectivity index (χ2n) is 4.76. The largest absolute Gasteiger partial charge is 0.383 e. The van der Waals surface area contributed by atoms with Crippen LogP contribution in [0.25, 0.3) is 0 Å². The summed E-state index contributed by atoms with van der Waals surface area (Å²) in [6.45, 7) is 1.46. The standard InChI is InChI=1S/C13H14BN5O/c1-18-12(8-16-17-18)13(20)19-6-2-5-15-10-7-9(14)3-4-11(10)19/h3-4,7-8,15H,2,5-6H2,1H3. The first-order chi connectivity index (χ1) is 9.66. The molecule has 20 heavy (non-hydrogen) atoms. The first-order valence-electron chi connectivity index (χ1n) is 6.47. The van der Waals surface area contributed by atoms with Crippen LogP contribution in [0.15, 0.2) is 24.4 Å². The molecule has 0 aliphatic carbocycles. The zero-order chi connectivity index (χ0) is 14.1. The Morgan fingerprint density at radius 3 is 3.05 bits per heavy atom. The van der Waals surface area contributed by atoms with Gasteiger partial charge in [0.1, 0.15) is 13.5 Å². The molecule has 1 N–H and O–H groups in total. The maximum Gasteiger partial charge on any atom is 0.278 e. The molecule has 0 spiro atoms. The van der Waals surface area contributed by atoms with Crippen LogP contribution >= 0.6 is 0 Å². The smallest absolute Gasteiger partial charge is 0.278 e. The number of aromatic nitrogens is 3. The van der Waals surface area contributed by atoms with Gasteiger partial charge in [0.25, 0.3) is 5.91 Å². The number of aryl methyl sites for hydroxylation is 1. The quantitative estimate of drug-likeness (QED) is 0.743. The highest BCUT2D eigenvalue weighted by molar-refractivity contribution is 6.32. The van der Waals surface area contributed by atoms with Gasteiger partial charge in [-0.3, -0.25) is 4.79 Å². The summed E-state index contributed by atoms with van der Waals surface area (Å²) in [5, 5.41) is 10.9. The molecule has 0 fully saturated rings. The van der Waals surface area contributed by atoms with Crippen LogP contribution in [0.3, 0.4) is 0 Å². The van der Waals surface area contributed by atoms with Gasteiger partial charge in [-0.15, -0.1) is 5.10 Å². The molecule has 0 saturated carbocycles. The maximum absolute atomic E-state index is 12.6. The van der Waals surface area contributed by atoms with Gasteiger partial charge in [-0.2, -0.15) is 0 Å². The van der Waals surface area contributed by atoms with Crippen molar-refractivity contribution in [3.05, 3.63) is 30.1 Å². The summed E-state index contributed by atoms with van der Waals surface area (Å²) < 4.78 is 1.48. The second-order valence-corrected chi connectivity index (χ2v) is 4.76. The van der Waals surface area contributed by atoms with Crippen molar-refractivity contribution in [2.75, 3.05) is 23.3 Å². The average Bonchev–Trinajstić information content (AvgIpc) is 2.74. The molecule has 1 aliphatic rings. The van der Waals surface area contributed by atoms with E-state index in [0.717, 1.165) is 24.3 Å². The molecule has 2 aromatic rings. The Hall–Kier alpha value is -2.31. The number of carbonyl (C=O) groups is 1. The summed E-state index contributed by atoms with van der Waals surface area (Å²) in [7, 11) is 7.51. The van der Waals surface area contributed by atoms with Crippen molar-refractivity contribution < 1.29 is 4.79 Å². The van der Waals surface area contributed by atoms with Gasteiger partial charge in [-0.1, -0.05) is 16.7 Å². The third kappa shape index (κ3) is 2.15. The first-order valence-corrected chi connectivity index (χ1v) is 6.47. The fourth-order valence-electron chi connectivity index (χ4n) is 2.34. The maximum atomic E-state index is 12.6. The lowest BCUT2D eigenvalue weighted by Gasteiger charge is -2.22. The molecular formula is C13H14BN5O. The fourth-order valence-corrected chi connectivity index (χ4v) is 2.34. The number of nitrogens with zero attached hydrogens (tertiary/aromatic N) is 4. The molecule has 7 heteroatoms. The fraction of sp³-hybridized carbons (Fsp3) is 0.308. The molecule has 1 amide bonds. The van der Waals surface area contributed by atoms with E-state index in [1.54, 1.807) is 18.0 Å². The van der Waals surface area contributed by atoms with Gasteiger partial charge in [0.05, 0.1) is 17.6 Å². The number of rotatable bonds is 1. The summed E-state index contributed by atoms with van der Waals surface area (Å²) in [5.74, 6) is -0.104. The van der Waals surface area contributed by atoms with E-state index < -0.39 is 0 Å². The number of nitrogens with one attached hydrogen (secondary N) is 1. The lowest BCUT2D eigenvalue weighted by Crippen LogP contribution is -2.33. The molecule has 0 saturated heterocycles. The number of hydrogen-bond donors (Lipinski definition) is 1. The van der Waals surface area contributed by atoms with Crippen LogP contribution in [0.1, 0.15) is 16.9 Å². The molecule has 0 atom stereocenters. The van der Waals surface area contributed by atoms with E-state index in [2.05, 4.69) is 15.6 Å². The van der Waals surface area contributed by atoms with Crippen molar-refractivity contribution in [1.29, 1.82) is 0 Å². The SMILES string of the molecule is [B]c1ccc2c(c1)NCCCN2C(=O)c1cnnn1C. The van der Waals surface area contributed by atoms with E-state index in [1.165, 1.54) is 10.9 Å². The highest BCUT2D eigenvalue weighted by Gasteiger charge is 2.24. The molecule has 0 bridgehead atoms. The molecular weight excluding hydrogens is 253 g/mol. The summed E-state index contributed by atoms with van der Waals surface area (Å²) in [6, 6.07) is 5.51. The normalized spacial score (nSPS) is 14.3. The molecule has 2 heterocycles. The Balaban J connectivity index is 2.02. The molecule has 6 nitrogen and oxygen atoms in total. The van der Waals surface area contributed by atoms with Crippen molar-refractivity contribution in [2.45, 2.75) is 6.42 Å². The van der Waals surface area contributed by atoms with E-state index in [0.29, 0.717) is 17.7 Å².